The Balaban J connectivity index is 2.09. The molecule has 0 aromatic heterocycles. The van der Waals surface area contributed by atoms with Crippen LogP contribution in [0.1, 0.15) is 29.6 Å². The van der Waals surface area contributed by atoms with Gasteiger partial charge in [-0.2, -0.15) is 0 Å². The SMILES string of the molecule is O=Cc1ccc(O)c(OC2CCCCO2)c1. The first-order valence-corrected chi connectivity index (χ1v) is 5.36. The van der Waals surface area contributed by atoms with Gasteiger partial charge in [-0.3, -0.25) is 4.79 Å². The quantitative estimate of drug-likeness (QED) is 0.796. The number of hydrogen-bond acceptors (Lipinski definition) is 4. The highest BCUT2D eigenvalue weighted by Gasteiger charge is 2.17. The number of phenolic OH excluding ortho intramolecular Hbond substituents is 1. The fraction of sp³-hybridized carbons (Fsp3) is 0.417. The standard InChI is InChI=1S/C12H14O4/c13-8-9-4-5-10(14)11(7-9)16-12-3-1-2-6-15-12/h4-5,7-8,12,14H,1-3,6H2. The van der Waals surface area contributed by atoms with E-state index in [0.29, 0.717) is 24.2 Å². The molecule has 1 aliphatic rings. The van der Waals surface area contributed by atoms with Gasteiger partial charge in [-0.1, -0.05) is 0 Å². The van der Waals surface area contributed by atoms with E-state index in [9.17, 15) is 9.90 Å². The number of benzene rings is 1. The normalized spacial score (nSPS) is 20.4. The monoisotopic (exact) mass is 222 g/mol. The van der Waals surface area contributed by atoms with E-state index < -0.39 is 0 Å². The predicted molar refractivity (Wildman–Crippen MR) is 57.7 cm³/mol. The van der Waals surface area contributed by atoms with Gasteiger partial charge in [0.15, 0.2) is 17.8 Å². The van der Waals surface area contributed by atoms with Crippen molar-refractivity contribution in [2.75, 3.05) is 6.61 Å². The van der Waals surface area contributed by atoms with E-state index in [0.717, 1.165) is 19.3 Å². The molecule has 1 aliphatic heterocycles. The van der Waals surface area contributed by atoms with Gasteiger partial charge in [0, 0.05) is 12.0 Å². The molecule has 0 saturated carbocycles. The Labute approximate surface area is 93.8 Å². The average molecular weight is 222 g/mol. The lowest BCUT2D eigenvalue weighted by molar-refractivity contribution is -0.106. The largest absolute Gasteiger partial charge is 0.504 e. The molecule has 1 aromatic carbocycles. The van der Waals surface area contributed by atoms with Gasteiger partial charge < -0.3 is 14.6 Å². The highest BCUT2D eigenvalue weighted by Crippen LogP contribution is 2.29. The summed E-state index contributed by atoms with van der Waals surface area (Å²) < 4.78 is 10.9. The molecule has 1 heterocycles. The number of ether oxygens (including phenoxy) is 2. The molecular formula is C12H14O4. The molecule has 16 heavy (non-hydrogen) atoms. The second-order valence-corrected chi connectivity index (χ2v) is 3.76. The van der Waals surface area contributed by atoms with E-state index in [-0.39, 0.29) is 12.0 Å². The molecule has 0 aliphatic carbocycles. The van der Waals surface area contributed by atoms with Crippen LogP contribution in [-0.4, -0.2) is 24.3 Å². The van der Waals surface area contributed by atoms with Gasteiger partial charge in [-0.05, 0) is 31.0 Å². The van der Waals surface area contributed by atoms with E-state index in [1.54, 1.807) is 0 Å². The Morgan fingerprint density at radius 2 is 2.31 bits per heavy atom. The van der Waals surface area contributed by atoms with E-state index >= 15 is 0 Å². The molecule has 0 spiro atoms. The fourth-order valence-corrected chi connectivity index (χ4v) is 1.64. The first-order valence-electron chi connectivity index (χ1n) is 5.36. The van der Waals surface area contributed by atoms with Crippen LogP contribution in [-0.2, 0) is 4.74 Å². The number of carbonyl (C=O) groups excluding carboxylic acids is 1. The van der Waals surface area contributed by atoms with Crippen molar-refractivity contribution in [3.05, 3.63) is 23.8 Å². The van der Waals surface area contributed by atoms with Crippen molar-refractivity contribution in [2.45, 2.75) is 25.6 Å². The zero-order valence-electron chi connectivity index (χ0n) is 8.89. The first kappa shape index (κ1) is 11.0. The minimum Gasteiger partial charge on any atom is -0.504 e. The van der Waals surface area contributed by atoms with Crippen LogP contribution in [0.25, 0.3) is 0 Å². The minimum atomic E-state index is -0.318. The number of aromatic hydroxyl groups is 1. The molecule has 0 radical (unpaired) electrons. The van der Waals surface area contributed by atoms with Crippen LogP contribution >= 0.6 is 0 Å². The number of hydrogen-bond donors (Lipinski definition) is 1. The van der Waals surface area contributed by atoms with Gasteiger partial charge in [-0.25, -0.2) is 0 Å². The second-order valence-electron chi connectivity index (χ2n) is 3.76. The van der Waals surface area contributed by atoms with Crippen molar-refractivity contribution >= 4 is 6.29 Å². The summed E-state index contributed by atoms with van der Waals surface area (Å²) in [7, 11) is 0. The van der Waals surface area contributed by atoms with Gasteiger partial charge in [0.25, 0.3) is 0 Å². The van der Waals surface area contributed by atoms with Crippen molar-refractivity contribution in [1.29, 1.82) is 0 Å². The first-order chi connectivity index (χ1) is 7.79. The van der Waals surface area contributed by atoms with Crippen molar-refractivity contribution in [1.82, 2.24) is 0 Å². The van der Waals surface area contributed by atoms with Gasteiger partial charge in [-0.15, -0.1) is 0 Å². The Kier molecular flexibility index (Phi) is 3.41. The predicted octanol–water partition coefficient (Wildman–Crippen LogP) is 2.11. The summed E-state index contributed by atoms with van der Waals surface area (Å²) in [4.78, 5) is 10.6. The molecule has 1 atom stereocenters. The zero-order valence-corrected chi connectivity index (χ0v) is 8.89. The average Bonchev–Trinajstić information content (AvgIpc) is 2.33. The maximum atomic E-state index is 10.6. The molecule has 1 fully saturated rings. The molecule has 0 amide bonds. The van der Waals surface area contributed by atoms with Gasteiger partial charge in [0.1, 0.15) is 6.29 Å². The summed E-state index contributed by atoms with van der Waals surface area (Å²) >= 11 is 0. The van der Waals surface area contributed by atoms with Crippen molar-refractivity contribution < 1.29 is 19.4 Å². The third-order valence-corrected chi connectivity index (χ3v) is 2.52. The summed E-state index contributed by atoms with van der Waals surface area (Å²) in [5.74, 6) is 0.330. The van der Waals surface area contributed by atoms with Crippen molar-refractivity contribution in [3.63, 3.8) is 0 Å². The smallest absolute Gasteiger partial charge is 0.200 e. The van der Waals surface area contributed by atoms with Crippen LogP contribution in [0.3, 0.4) is 0 Å². The molecular weight excluding hydrogens is 208 g/mol. The Bertz CT molecular complexity index is 369. The summed E-state index contributed by atoms with van der Waals surface area (Å²) in [6.45, 7) is 0.679. The van der Waals surface area contributed by atoms with Gasteiger partial charge >= 0.3 is 0 Å². The number of rotatable bonds is 3. The molecule has 0 bridgehead atoms. The minimum absolute atomic E-state index is 0.0276. The molecule has 86 valence electrons. The van der Waals surface area contributed by atoms with E-state index in [1.165, 1.54) is 18.2 Å². The fourth-order valence-electron chi connectivity index (χ4n) is 1.64. The number of carbonyl (C=O) groups is 1. The van der Waals surface area contributed by atoms with Crippen LogP contribution in [0.15, 0.2) is 18.2 Å². The molecule has 1 aromatic rings. The third-order valence-electron chi connectivity index (χ3n) is 2.52. The number of aldehydes is 1. The molecule has 1 N–H and O–H groups in total. The topological polar surface area (TPSA) is 55.8 Å². The maximum absolute atomic E-state index is 10.6. The van der Waals surface area contributed by atoms with Crippen molar-refractivity contribution in [2.24, 2.45) is 0 Å². The molecule has 1 saturated heterocycles. The van der Waals surface area contributed by atoms with Crippen LogP contribution in [0, 0.1) is 0 Å². The summed E-state index contributed by atoms with van der Waals surface area (Å²) in [6.07, 6.45) is 3.30. The van der Waals surface area contributed by atoms with Crippen LogP contribution in [0.4, 0.5) is 0 Å². The Morgan fingerprint density at radius 3 is 3.00 bits per heavy atom. The number of phenols is 1. The lowest BCUT2D eigenvalue weighted by Gasteiger charge is -2.23. The van der Waals surface area contributed by atoms with Gasteiger partial charge in [0.2, 0.25) is 0 Å². The lowest BCUT2D eigenvalue weighted by atomic mass is 10.2. The lowest BCUT2D eigenvalue weighted by Crippen LogP contribution is -2.25. The second kappa shape index (κ2) is 4.99. The zero-order chi connectivity index (χ0) is 11.4. The van der Waals surface area contributed by atoms with Crippen LogP contribution in [0.2, 0.25) is 0 Å². The summed E-state index contributed by atoms with van der Waals surface area (Å²) in [6, 6.07) is 4.50. The van der Waals surface area contributed by atoms with Crippen LogP contribution in [0.5, 0.6) is 11.5 Å². The Morgan fingerprint density at radius 1 is 1.44 bits per heavy atom. The molecule has 4 heteroatoms. The van der Waals surface area contributed by atoms with E-state index in [4.69, 9.17) is 9.47 Å². The van der Waals surface area contributed by atoms with E-state index in [1.807, 2.05) is 0 Å². The summed E-state index contributed by atoms with van der Waals surface area (Å²) in [5, 5.41) is 9.56. The van der Waals surface area contributed by atoms with Gasteiger partial charge in [0.05, 0.1) is 6.61 Å². The van der Waals surface area contributed by atoms with E-state index in [2.05, 4.69) is 0 Å². The molecule has 1 unspecified atom stereocenters. The molecule has 4 nitrogen and oxygen atoms in total. The molecule has 2 rings (SSSR count). The van der Waals surface area contributed by atoms with Crippen LogP contribution < -0.4 is 4.74 Å². The summed E-state index contributed by atoms with van der Waals surface area (Å²) in [5.41, 5.74) is 0.476. The highest BCUT2D eigenvalue weighted by molar-refractivity contribution is 5.76. The Hall–Kier alpha value is -1.55. The highest BCUT2D eigenvalue weighted by atomic mass is 16.7. The third kappa shape index (κ3) is 2.52. The van der Waals surface area contributed by atoms with Crippen molar-refractivity contribution in [3.8, 4) is 11.5 Å². The maximum Gasteiger partial charge on any atom is 0.200 e.